The number of nitrogens with zero attached hydrogens (tertiary/aromatic N) is 1. The van der Waals surface area contributed by atoms with E-state index in [0.29, 0.717) is 12.1 Å². The summed E-state index contributed by atoms with van der Waals surface area (Å²) in [6.45, 7) is 5.64. The van der Waals surface area contributed by atoms with Crippen LogP contribution in [0.15, 0.2) is 60.7 Å². The zero-order chi connectivity index (χ0) is 15.2. The number of hydrogen-bond acceptors (Lipinski definition) is 2. The fourth-order valence-corrected chi connectivity index (χ4v) is 3.44. The Labute approximate surface area is 134 Å². The molecule has 0 radical (unpaired) electrons. The van der Waals surface area contributed by atoms with Gasteiger partial charge in [-0.1, -0.05) is 67.6 Å². The molecule has 0 aromatic heterocycles. The fourth-order valence-electron chi connectivity index (χ4n) is 3.44. The predicted molar refractivity (Wildman–Crippen MR) is 93.1 cm³/mol. The van der Waals surface area contributed by atoms with Crippen LogP contribution in [0.25, 0.3) is 0 Å². The van der Waals surface area contributed by atoms with Crippen molar-refractivity contribution in [2.75, 3.05) is 19.6 Å². The SMILES string of the molecule is CCN1CC(Cc2ccccc2)NCC1Cc1ccccc1. The minimum atomic E-state index is 0.564. The number of piperazine rings is 1. The lowest BCUT2D eigenvalue weighted by Gasteiger charge is -2.40. The maximum Gasteiger partial charge on any atom is 0.0261 e. The number of rotatable bonds is 5. The van der Waals surface area contributed by atoms with Crippen molar-refractivity contribution in [1.82, 2.24) is 10.2 Å². The first-order valence-electron chi connectivity index (χ1n) is 8.40. The molecule has 0 bridgehead atoms. The normalized spacial score (nSPS) is 22.6. The van der Waals surface area contributed by atoms with Gasteiger partial charge in [0.25, 0.3) is 0 Å². The van der Waals surface area contributed by atoms with Gasteiger partial charge in [-0.2, -0.15) is 0 Å². The van der Waals surface area contributed by atoms with Crippen molar-refractivity contribution < 1.29 is 0 Å². The molecule has 1 N–H and O–H groups in total. The van der Waals surface area contributed by atoms with Gasteiger partial charge in [0.2, 0.25) is 0 Å². The second kappa shape index (κ2) is 7.57. The largest absolute Gasteiger partial charge is 0.311 e. The molecular weight excluding hydrogens is 268 g/mol. The molecule has 3 rings (SSSR count). The lowest BCUT2D eigenvalue weighted by Crippen LogP contribution is -2.57. The standard InChI is InChI=1S/C20H26N2/c1-2-22-16-19(13-17-9-5-3-6-10-17)21-15-20(22)14-18-11-7-4-8-12-18/h3-12,19-21H,2,13-16H2,1H3. The Hall–Kier alpha value is -1.64. The van der Waals surface area contributed by atoms with Gasteiger partial charge in [0.15, 0.2) is 0 Å². The summed E-state index contributed by atoms with van der Waals surface area (Å²) in [5.74, 6) is 0. The molecule has 2 atom stereocenters. The fraction of sp³-hybridized carbons (Fsp3) is 0.400. The molecule has 1 aliphatic heterocycles. The summed E-state index contributed by atoms with van der Waals surface area (Å²) in [5.41, 5.74) is 2.87. The van der Waals surface area contributed by atoms with E-state index in [2.05, 4.69) is 77.8 Å². The van der Waals surface area contributed by atoms with Gasteiger partial charge >= 0.3 is 0 Å². The smallest absolute Gasteiger partial charge is 0.0261 e. The Morgan fingerprint density at radius 3 is 2.09 bits per heavy atom. The molecule has 2 aromatic rings. The first-order valence-corrected chi connectivity index (χ1v) is 8.40. The highest BCUT2D eigenvalue weighted by Crippen LogP contribution is 2.15. The minimum Gasteiger partial charge on any atom is -0.311 e. The number of hydrogen-bond donors (Lipinski definition) is 1. The van der Waals surface area contributed by atoms with E-state index >= 15 is 0 Å². The number of nitrogens with one attached hydrogen (secondary N) is 1. The Bertz CT molecular complexity index is 552. The molecule has 22 heavy (non-hydrogen) atoms. The third-order valence-corrected chi connectivity index (χ3v) is 4.66. The van der Waals surface area contributed by atoms with Gasteiger partial charge in [0, 0.05) is 25.2 Å². The van der Waals surface area contributed by atoms with Crippen molar-refractivity contribution in [2.45, 2.75) is 31.8 Å². The van der Waals surface area contributed by atoms with Crippen molar-refractivity contribution >= 4 is 0 Å². The average molecular weight is 294 g/mol. The van der Waals surface area contributed by atoms with Crippen LogP contribution in [0, 0.1) is 0 Å². The van der Waals surface area contributed by atoms with Crippen molar-refractivity contribution in [3.8, 4) is 0 Å². The van der Waals surface area contributed by atoms with Crippen LogP contribution in [0.3, 0.4) is 0 Å². The molecule has 2 unspecified atom stereocenters. The van der Waals surface area contributed by atoms with E-state index in [1.807, 2.05) is 0 Å². The summed E-state index contributed by atoms with van der Waals surface area (Å²) >= 11 is 0. The van der Waals surface area contributed by atoms with Crippen molar-refractivity contribution in [2.24, 2.45) is 0 Å². The van der Waals surface area contributed by atoms with Gasteiger partial charge in [-0.15, -0.1) is 0 Å². The van der Waals surface area contributed by atoms with Crippen molar-refractivity contribution in [3.63, 3.8) is 0 Å². The summed E-state index contributed by atoms with van der Waals surface area (Å²) in [6, 6.07) is 22.8. The quantitative estimate of drug-likeness (QED) is 0.911. The molecule has 0 spiro atoms. The topological polar surface area (TPSA) is 15.3 Å². The van der Waals surface area contributed by atoms with Gasteiger partial charge < -0.3 is 5.32 Å². The van der Waals surface area contributed by atoms with Crippen molar-refractivity contribution in [1.29, 1.82) is 0 Å². The molecule has 2 nitrogen and oxygen atoms in total. The molecule has 0 aliphatic carbocycles. The summed E-state index contributed by atoms with van der Waals surface area (Å²) in [6.07, 6.45) is 2.26. The van der Waals surface area contributed by atoms with Gasteiger partial charge in [-0.05, 0) is 30.5 Å². The number of likely N-dealkylation sites (N-methyl/N-ethyl adjacent to an activating group) is 1. The second-order valence-electron chi connectivity index (χ2n) is 6.23. The monoisotopic (exact) mass is 294 g/mol. The van der Waals surface area contributed by atoms with Crippen LogP contribution in [0.4, 0.5) is 0 Å². The van der Waals surface area contributed by atoms with Crippen molar-refractivity contribution in [3.05, 3.63) is 71.8 Å². The molecule has 0 amide bonds. The van der Waals surface area contributed by atoms with Gasteiger partial charge in [0.1, 0.15) is 0 Å². The van der Waals surface area contributed by atoms with Crippen LogP contribution in [-0.4, -0.2) is 36.6 Å². The predicted octanol–water partition coefficient (Wildman–Crippen LogP) is 3.13. The molecule has 2 aromatic carbocycles. The van der Waals surface area contributed by atoms with Crippen LogP contribution in [-0.2, 0) is 12.8 Å². The third-order valence-electron chi connectivity index (χ3n) is 4.66. The molecule has 1 heterocycles. The molecule has 1 aliphatic rings. The molecule has 116 valence electrons. The maximum absolute atomic E-state index is 3.76. The average Bonchev–Trinajstić information content (AvgIpc) is 2.58. The zero-order valence-corrected chi connectivity index (χ0v) is 13.4. The highest BCUT2D eigenvalue weighted by molar-refractivity contribution is 5.18. The lowest BCUT2D eigenvalue weighted by atomic mass is 9.98. The second-order valence-corrected chi connectivity index (χ2v) is 6.23. The zero-order valence-electron chi connectivity index (χ0n) is 13.4. The summed E-state index contributed by atoms with van der Waals surface area (Å²) in [4.78, 5) is 2.64. The maximum atomic E-state index is 3.76. The first kappa shape index (κ1) is 15.3. The Kier molecular flexibility index (Phi) is 5.25. The van der Waals surface area contributed by atoms with E-state index in [4.69, 9.17) is 0 Å². The minimum absolute atomic E-state index is 0.564. The van der Waals surface area contributed by atoms with Crippen LogP contribution < -0.4 is 5.32 Å². The van der Waals surface area contributed by atoms with Gasteiger partial charge in [-0.25, -0.2) is 0 Å². The lowest BCUT2D eigenvalue weighted by molar-refractivity contribution is 0.136. The number of benzene rings is 2. The summed E-state index contributed by atoms with van der Waals surface area (Å²) < 4.78 is 0. The molecular formula is C20H26N2. The van der Waals surface area contributed by atoms with Crippen LogP contribution >= 0.6 is 0 Å². The van der Waals surface area contributed by atoms with Crippen LogP contribution in [0.1, 0.15) is 18.1 Å². The van der Waals surface area contributed by atoms with E-state index in [1.54, 1.807) is 0 Å². The first-order chi connectivity index (χ1) is 10.8. The Morgan fingerprint density at radius 2 is 1.50 bits per heavy atom. The van der Waals surface area contributed by atoms with Crippen LogP contribution in [0.2, 0.25) is 0 Å². The molecule has 0 saturated carbocycles. The third kappa shape index (κ3) is 3.96. The van der Waals surface area contributed by atoms with E-state index in [-0.39, 0.29) is 0 Å². The molecule has 2 heteroatoms. The Morgan fingerprint density at radius 1 is 0.909 bits per heavy atom. The van der Waals surface area contributed by atoms with E-state index in [9.17, 15) is 0 Å². The van der Waals surface area contributed by atoms with Gasteiger partial charge in [-0.3, -0.25) is 4.90 Å². The Balaban J connectivity index is 1.59. The molecule has 1 fully saturated rings. The summed E-state index contributed by atoms with van der Waals surface area (Å²) in [7, 11) is 0. The molecule has 1 saturated heterocycles. The highest BCUT2D eigenvalue weighted by Gasteiger charge is 2.26. The van der Waals surface area contributed by atoms with Crippen LogP contribution in [0.5, 0.6) is 0 Å². The van der Waals surface area contributed by atoms with E-state index in [0.717, 1.165) is 32.5 Å². The summed E-state index contributed by atoms with van der Waals surface area (Å²) in [5, 5.41) is 3.76. The van der Waals surface area contributed by atoms with Gasteiger partial charge in [0.05, 0.1) is 0 Å². The van der Waals surface area contributed by atoms with E-state index < -0.39 is 0 Å². The van der Waals surface area contributed by atoms with E-state index in [1.165, 1.54) is 11.1 Å². The highest BCUT2D eigenvalue weighted by atomic mass is 15.2.